The molecule has 0 saturated carbocycles. The van der Waals surface area contributed by atoms with Gasteiger partial charge in [-0.25, -0.2) is 0 Å². The van der Waals surface area contributed by atoms with Crippen LogP contribution < -0.4 is 10.9 Å². The summed E-state index contributed by atoms with van der Waals surface area (Å²) in [6.07, 6.45) is 2.64. The van der Waals surface area contributed by atoms with Crippen molar-refractivity contribution in [2.24, 2.45) is 0 Å². The van der Waals surface area contributed by atoms with Gasteiger partial charge in [-0.3, -0.25) is 0 Å². The average Bonchev–Trinajstić information content (AvgIpc) is 2.22. The minimum absolute atomic E-state index is 0. The molecule has 90 valence electrons. The molecule has 0 bridgehead atoms. The van der Waals surface area contributed by atoms with Crippen LogP contribution in [-0.2, 0) is 0 Å². The Morgan fingerprint density at radius 2 is 2.00 bits per heavy atom. The zero-order chi connectivity index (χ0) is 10.7. The Morgan fingerprint density at radius 1 is 1.31 bits per heavy atom. The van der Waals surface area contributed by atoms with Gasteiger partial charge in [0.15, 0.2) is 0 Å². The molecular weight excluding hydrogens is 268 g/mol. The van der Waals surface area contributed by atoms with Crippen molar-refractivity contribution in [3.05, 3.63) is 28.7 Å². The van der Waals surface area contributed by atoms with Crippen LogP contribution >= 0.6 is 15.9 Å². The van der Waals surface area contributed by atoms with E-state index in [0.29, 0.717) is 6.10 Å². The highest BCUT2D eigenvalue weighted by Gasteiger charge is 2.17. The van der Waals surface area contributed by atoms with Crippen molar-refractivity contribution < 1.29 is 4.74 Å². The third kappa shape index (κ3) is 3.77. The second-order valence-electron chi connectivity index (χ2n) is 4.08. The molecule has 1 aromatic carbocycles. The van der Waals surface area contributed by atoms with E-state index in [1.165, 1.54) is 0 Å². The smallest absolute Gasteiger partial charge is 0.120 e. The highest BCUT2D eigenvalue weighted by Crippen LogP contribution is 2.21. The molecule has 0 atom stereocenters. The van der Waals surface area contributed by atoms with Gasteiger partial charge < -0.3 is 15.8 Å². The number of hydrogen-bond donors (Lipinski definition) is 1. The summed E-state index contributed by atoms with van der Waals surface area (Å²) in [5, 5.41) is 0. The predicted molar refractivity (Wildman–Crippen MR) is 70.3 cm³/mol. The van der Waals surface area contributed by atoms with Gasteiger partial charge in [0.2, 0.25) is 0 Å². The highest BCUT2D eigenvalue weighted by atomic mass is 79.9. The van der Waals surface area contributed by atoms with Crippen LogP contribution in [0, 0.1) is 0 Å². The van der Waals surface area contributed by atoms with Crippen molar-refractivity contribution in [1.29, 1.82) is 0 Å². The van der Waals surface area contributed by atoms with Gasteiger partial charge in [0, 0.05) is 17.6 Å². The molecular formula is C12H19BrN2O. The van der Waals surface area contributed by atoms with Crippen LogP contribution in [0.1, 0.15) is 12.8 Å². The SMILES string of the molecule is CN1CCC(Oc2cccc(Br)c2)CC1.N. The quantitative estimate of drug-likeness (QED) is 0.909. The van der Waals surface area contributed by atoms with E-state index in [-0.39, 0.29) is 6.15 Å². The molecule has 1 aliphatic heterocycles. The highest BCUT2D eigenvalue weighted by molar-refractivity contribution is 9.10. The Balaban J connectivity index is 0.00000128. The van der Waals surface area contributed by atoms with Gasteiger partial charge in [0.25, 0.3) is 0 Å². The van der Waals surface area contributed by atoms with E-state index in [4.69, 9.17) is 4.74 Å². The number of benzene rings is 1. The van der Waals surface area contributed by atoms with Gasteiger partial charge in [0.05, 0.1) is 0 Å². The summed E-state index contributed by atoms with van der Waals surface area (Å²) in [7, 11) is 2.16. The van der Waals surface area contributed by atoms with E-state index in [9.17, 15) is 0 Å². The lowest BCUT2D eigenvalue weighted by molar-refractivity contribution is 0.114. The Kier molecular flexibility index (Phi) is 5.25. The fourth-order valence-electron chi connectivity index (χ4n) is 1.84. The Morgan fingerprint density at radius 3 is 2.62 bits per heavy atom. The molecule has 0 aliphatic carbocycles. The van der Waals surface area contributed by atoms with Gasteiger partial charge in [-0.15, -0.1) is 0 Å². The maximum Gasteiger partial charge on any atom is 0.120 e. The van der Waals surface area contributed by atoms with Crippen molar-refractivity contribution >= 4 is 15.9 Å². The summed E-state index contributed by atoms with van der Waals surface area (Å²) in [5.74, 6) is 0.971. The van der Waals surface area contributed by atoms with Gasteiger partial charge in [-0.05, 0) is 38.1 Å². The van der Waals surface area contributed by atoms with Crippen LogP contribution in [0.15, 0.2) is 28.7 Å². The van der Waals surface area contributed by atoms with E-state index < -0.39 is 0 Å². The van der Waals surface area contributed by atoms with Crippen LogP contribution in [-0.4, -0.2) is 31.1 Å². The standard InChI is InChI=1S/C12H16BrNO.H3N/c1-14-7-5-11(6-8-14)15-12-4-2-3-10(13)9-12;/h2-4,9,11H,5-8H2,1H3;1H3. The van der Waals surface area contributed by atoms with E-state index in [0.717, 1.165) is 36.2 Å². The lowest BCUT2D eigenvalue weighted by Gasteiger charge is -2.29. The summed E-state index contributed by atoms with van der Waals surface area (Å²) in [5.41, 5.74) is 0. The van der Waals surface area contributed by atoms with Crippen molar-refractivity contribution in [2.75, 3.05) is 20.1 Å². The predicted octanol–water partition coefficient (Wildman–Crippen LogP) is 3.08. The molecule has 0 unspecified atom stereocenters. The third-order valence-electron chi connectivity index (χ3n) is 2.76. The maximum atomic E-state index is 5.93. The monoisotopic (exact) mass is 286 g/mol. The summed E-state index contributed by atoms with van der Waals surface area (Å²) in [4.78, 5) is 2.35. The number of piperidine rings is 1. The van der Waals surface area contributed by atoms with Crippen molar-refractivity contribution in [2.45, 2.75) is 18.9 Å². The molecule has 0 spiro atoms. The summed E-state index contributed by atoms with van der Waals surface area (Å²) < 4.78 is 7.00. The fraction of sp³-hybridized carbons (Fsp3) is 0.500. The normalized spacial score (nSPS) is 17.9. The molecule has 3 nitrogen and oxygen atoms in total. The lowest BCUT2D eigenvalue weighted by Crippen LogP contribution is -2.35. The first-order chi connectivity index (χ1) is 7.24. The average molecular weight is 287 g/mol. The first-order valence-corrected chi connectivity index (χ1v) is 6.14. The molecule has 16 heavy (non-hydrogen) atoms. The Bertz CT molecular complexity index is 325. The van der Waals surface area contributed by atoms with Crippen LogP contribution in [0.2, 0.25) is 0 Å². The number of halogens is 1. The van der Waals surface area contributed by atoms with Crippen molar-refractivity contribution in [1.82, 2.24) is 11.1 Å². The number of nitrogens with zero attached hydrogens (tertiary/aromatic N) is 1. The second kappa shape index (κ2) is 6.23. The largest absolute Gasteiger partial charge is 0.490 e. The molecule has 0 radical (unpaired) electrons. The molecule has 1 fully saturated rings. The van der Waals surface area contributed by atoms with E-state index >= 15 is 0 Å². The lowest BCUT2D eigenvalue weighted by atomic mass is 10.1. The topological polar surface area (TPSA) is 47.5 Å². The van der Waals surface area contributed by atoms with E-state index in [1.54, 1.807) is 0 Å². The number of rotatable bonds is 2. The molecule has 1 aromatic rings. The first-order valence-electron chi connectivity index (χ1n) is 5.35. The van der Waals surface area contributed by atoms with Gasteiger partial charge in [-0.1, -0.05) is 22.0 Å². The number of likely N-dealkylation sites (tertiary alicyclic amines) is 1. The zero-order valence-electron chi connectivity index (χ0n) is 9.66. The van der Waals surface area contributed by atoms with Gasteiger partial charge in [-0.2, -0.15) is 0 Å². The number of ether oxygens (including phenoxy) is 1. The van der Waals surface area contributed by atoms with Gasteiger partial charge in [0.1, 0.15) is 11.9 Å². The van der Waals surface area contributed by atoms with E-state index in [2.05, 4.69) is 27.9 Å². The number of hydrogen-bond acceptors (Lipinski definition) is 3. The van der Waals surface area contributed by atoms with Crippen LogP contribution in [0.3, 0.4) is 0 Å². The molecule has 2 rings (SSSR count). The molecule has 1 saturated heterocycles. The zero-order valence-corrected chi connectivity index (χ0v) is 11.2. The minimum Gasteiger partial charge on any atom is -0.490 e. The Hall–Kier alpha value is -0.580. The molecule has 1 heterocycles. The summed E-state index contributed by atoms with van der Waals surface area (Å²) in [6, 6.07) is 8.07. The van der Waals surface area contributed by atoms with Gasteiger partial charge >= 0.3 is 0 Å². The summed E-state index contributed by atoms with van der Waals surface area (Å²) >= 11 is 3.45. The van der Waals surface area contributed by atoms with Crippen molar-refractivity contribution in [3.8, 4) is 5.75 Å². The molecule has 4 heteroatoms. The molecule has 0 aromatic heterocycles. The third-order valence-corrected chi connectivity index (χ3v) is 3.26. The Labute approximate surface area is 105 Å². The minimum atomic E-state index is 0. The summed E-state index contributed by atoms with van der Waals surface area (Å²) in [6.45, 7) is 2.28. The maximum absolute atomic E-state index is 5.93. The van der Waals surface area contributed by atoms with Crippen molar-refractivity contribution in [3.63, 3.8) is 0 Å². The molecule has 1 aliphatic rings. The van der Waals surface area contributed by atoms with Crippen LogP contribution in [0.25, 0.3) is 0 Å². The first kappa shape index (κ1) is 13.5. The van der Waals surface area contributed by atoms with Crippen LogP contribution in [0.5, 0.6) is 5.75 Å². The molecule has 3 N–H and O–H groups in total. The molecule has 0 amide bonds. The fourth-order valence-corrected chi connectivity index (χ4v) is 2.21. The van der Waals surface area contributed by atoms with Crippen LogP contribution in [0.4, 0.5) is 0 Å². The van der Waals surface area contributed by atoms with E-state index in [1.807, 2.05) is 24.3 Å². The second-order valence-corrected chi connectivity index (χ2v) is 4.99.